The van der Waals surface area contributed by atoms with Crippen molar-refractivity contribution in [3.63, 3.8) is 0 Å². The van der Waals surface area contributed by atoms with E-state index >= 15 is 0 Å². The molecule has 0 bridgehead atoms. The van der Waals surface area contributed by atoms with Gasteiger partial charge in [-0.05, 0) is 50.7 Å². The van der Waals surface area contributed by atoms with E-state index in [1.807, 2.05) is 19.9 Å². The van der Waals surface area contributed by atoms with E-state index in [0.29, 0.717) is 22.6 Å². The molecule has 0 saturated heterocycles. The summed E-state index contributed by atoms with van der Waals surface area (Å²) in [6.45, 7) is 3.77. The van der Waals surface area contributed by atoms with Crippen LogP contribution in [-0.2, 0) is 4.79 Å². The molecule has 10 nitrogen and oxygen atoms in total. The Labute approximate surface area is 250 Å². The Kier molecular flexibility index (Phi) is 8.67. The van der Waals surface area contributed by atoms with Crippen LogP contribution in [-0.4, -0.2) is 54.3 Å². The van der Waals surface area contributed by atoms with E-state index in [9.17, 15) is 32.4 Å². The Morgan fingerprint density at radius 3 is 2.57 bits per heavy atom. The first-order valence-corrected chi connectivity index (χ1v) is 14.5. The Bertz CT molecular complexity index is 1630. The second-order valence-corrected chi connectivity index (χ2v) is 11.8. The van der Waals surface area contributed by atoms with Gasteiger partial charge in [-0.2, -0.15) is 15.5 Å². The van der Waals surface area contributed by atoms with Gasteiger partial charge >= 0.3 is 0 Å². The maximum Gasteiger partial charge on any atom is 0.294 e. The molecule has 0 radical (unpaired) electrons. The Morgan fingerprint density at radius 2 is 1.91 bits per heavy atom. The van der Waals surface area contributed by atoms with Gasteiger partial charge in [-0.25, -0.2) is 32.1 Å². The van der Waals surface area contributed by atoms with Gasteiger partial charge in [0.1, 0.15) is 5.69 Å². The first-order valence-electron chi connectivity index (χ1n) is 14.5. The number of nitrogens with zero attached hydrogens (tertiary/aromatic N) is 7. The lowest BCUT2D eigenvalue weighted by molar-refractivity contribution is -0.132. The summed E-state index contributed by atoms with van der Waals surface area (Å²) in [6, 6.07) is 4.96. The van der Waals surface area contributed by atoms with Gasteiger partial charge in [0, 0.05) is 68.1 Å². The van der Waals surface area contributed by atoms with Crippen LogP contribution in [0.5, 0.6) is 0 Å². The summed E-state index contributed by atoms with van der Waals surface area (Å²) in [4.78, 5) is 34.4. The van der Waals surface area contributed by atoms with E-state index in [-0.39, 0.29) is 62.6 Å². The first-order chi connectivity index (χ1) is 20.8. The zero-order valence-electron chi connectivity index (χ0n) is 24.3. The van der Waals surface area contributed by atoms with Crippen molar-refractivity contribution in [2.45, 2.75) is 82.6 Å². The lowest BCUT2D eigenvalue weighted by Gasteiger charge is -2.34. The molecule has 1 N–H and O–H groups in total. The third-order valence-electron chi connectivity index (χ3n) is 8.12. The quantitative estimate of drug-likeness (QED) is 0.186. The number of carbonyl (C=O) groups excluding carboxylic acids is 2. The van der Waals surface area contributed by atoms with E-state index in [1.165, 1.54) is 23.1 Å². The average molecular weight is 613 g/mol. The van der Waals surface area contributed by atoms with E-state index in [2.05, 4.69) is 25.5 Å². The minimum atomic E-state index is -2.75. The van der Waals surface area contributed by atoms with Crippen LogP contribution in [0, 0.1) is 23.2 Å². The van der Waals surface area contributed by atoms with Crippen molar-refractivity contribution in [1.82, 2.24) is 29.7 Å². The number of allylic oxidation sites excluding steroid dienone is 1. The molecule has 0 spiro atoms. The molecule has 3 heterocycles. The van der Waals surface area contributed by atoms with Crippen molar-refractivity contribution in [1.29, 1.82) is 5.26 Å². The minimum Gasteiger partial charge on any atom is -0.325 e. The fourth-order valence-electron chi connectivity index (χ4n) is 5.82. The predicted molar refractivity (Wildman–Crippen MR) is 152 cm³/mol. The number of halogens is 4. The minimum absolute atomic E-state index is 0.0676. The Balaban J connectivity index is 1.40. The van der Waals surface area contributed by atoms with Gasteiger partial charge in [-0.1, -0.05) is 0 Å². The van der Waals surface area contributed by atoms with Crippen molar-refractivity contribution in [3.8, 4) is 6.07 Å². The van der Waals surface area contributed by atoms with Gasteiger partial charge < -0.3 is 5.32 Å². The molecule has 3 aromatic rings. The van der Waals surface area contributed by atoms with Crippen LogP contribution in [0.25, 0.3) is 11.3 Å². The molecule has 1 unspecified atom stereocenters. The molecular weight excluding hydrogens is 580 g/mol. The monoisotopic (exact) mass is 612 g/mol. The highest BCUT2D eigenvalue weighted by atomic mass is 19.3. The number of rotatable bonds is 9. The van der Waals surface area contributed by atoms with Crippen LogP contribution in [0.1, 0.15) is 92.5 Å². The van der Waals surface area contributed by atoms with Gasteiger partial charge in [-0.15, -0.1) is 0 Å². The second-order valence-electron chi connectivity index (χ2n) is 11.8. The van der Waals surface area contributed by atoms with E-state index in [0.717, 1.165) is 6.08 Å². The SMILES string of the molecule is CC(C)n1nccc1C(=O)N=CC(c1cn2ncc(/C(=C\C#N)NC(=O)CC3CC(F)(F)C3)cc2n1)C1CCC(F)(F)CC1. The fraction of sp³-hybridized carbons (Fsp3) is 0.500. The van der Waals surface area contributed by atoms with Crippen molar-refractivity contribution in [2.75, 3.05) is 0 Å². The number of fused-ring (bicyclic) bond motifs is 1. The molecule has 2 amide bonds. The molecule has 5 rings (SSSR count). The van der Waals surface area contributed by atoms with Crippen molar-refractivity contribution >= 4 is 29.4 Å². The smallest absolute Gasteiger partial charge is 0.294 e. The van der Waals surface area contributed by atoms with Crippen LogP contribution < -0.4 is 5.32 Å². The van der Waals surface area contributed by atoms with Crippen LogP contribution in [0.4, 0.5) is 17.6 Å². The molecule has 2 aliphatic rings. The van der Waals surface area contributed by atoms with Gasteiger partial charge in [-0.3, -0.25) is 14.3 Å². The summed E-state index contributed by atoms with van der Waals surface area (Å²) in [7, 11) is 0. The second kappa shape index (κ2) is 12.3. The number of aromatic nitrogens is 5. The van der Waals surface area contributed by atoms with Crippen LogP contribution >= 0.6 is 0 Å². The number of carbonyl (C=O) groups is 2. The van der Waals surface area contributed by atoms with Gasteiger partial charge in [0.2, 0.25) is 17.8 Å². The number of nitrogens with one attached hydrogen (secondary N) is 1. The summed E-state index contributed by atoms with van der Waals surface area (Å²) >= 11 is 0. The Hall–Kier alpha value is -4.41. The van der Waals surface area contributed by atoms with Crippen LogP contribution in [0.3, 0.4) is 0 Å². The number of hydrogen-bond acceptors (Lipinski definition) is 6. The van der Waals surface area contributed by atoms with Crippen molar-refractivity contribution in [2.24, 2.45) is 16.8 Å². The molecule has 2 fully saturated rings. The number of imidazole rings is 1. The third-order valence-corrected chi connectivity index (χ3v) is 8.12. The summed E-state index contributed by atoms with van der Waals surface area (Å²) in [5.74, 6) is -7.75. The average Bonchev–Trinajstić information content (AvgIpc) is 3.60. The highest BCUT2D eigenvalue weighted by molar-refractivity contribution is 5.98. The molecule has 2 saturated carbocycles. The number of amides is 2. The summed E-state index contributed by atoms with van der Waals surface area (Å²) in [5, 5.41) is 20.4. The third kappa shape index (κ3) is 7.03. The zero-order chi connectivity index (χ0) is 31.6. The number of hydrogen-bond donors (Lipinski definition) is 1. The summed E-state index contributed by atoms with van der Waals surface area (Å²) in [5.41, 5.74) is 1.63. The number of nitriles is 1. The van der Waals surface area contributed by atoms with Crippen molar-refractivity contribution < 1.29 is 27.2 Å². The molecule has 232 valence electrons. The molecule has 0 aromatic carbocycles. The summed E-state index contributed by atoms with van der Waals surface area (Å²) < 4.78 is 57.4. The van der Waals surface area contributed by atoms with E-state index in [1.54, 1.807) is 23.0 Å². The van der Waals surface area contributed by atoms with Crippen LogP contribution in [0.15, 0.2) is 41.8 Å². The molecule has 44 heavy (non-hydrogen) atoms. The van der Waals surface area contributed by atoms with E-state index < -0.39 is 35.5 Å². The number of aliphatic imine (C=N–C) groups is 1. The molecular formula is C30H32F4N8O2. The standard InChI is InChI=1S/C30H32F4N8O2/c1-18(2)42-25(6-10-37-42)28(44)36-16-22(20-3-7-29(31,32)8-4-20)24-17-41-26(39-24)12-21(15-38-41)23(5-9-35)40-27(43)11-19-13-30(33,34)14-19/h5-6,10,12,15-20,22H,3-4,7-8,11,13-14H2,1-2H3,(H,40,43)/b23-5+,36-16?. The van der Waals surface area contributed by atoms with Gasteiger partial charge in [0.15, 0.2) is 5.65 Å². The lowest BCUT2D eigenvalue weighted by atomic mass is 9.78. The van der Waals surface area contributed by atoms with Crippen LogP contribution in [0.2, 0.25) is 0 Å². The predicted octanol–water partition coefficient (Wildman–Crippen LogP) is 5.74. The topological polar surface area (TPSA) is 130 Å². The van der Waals surface area contributed by atoms with Crippen molar-refractivity contribution in [3.05, 3.63) is 53.8 Å². The normalized spacial score (nSPS) is 19.6. The summed E-state index contributed by atoms with van der Waals surface area (Å²) in [6.07, 6.45) is 6.20. The van der Waals surface area contributed by atoms with E-state index in [4.69, 9.17) is 0 Å². The maximum atomic E-state index is 14.0. The Morgan fingerprint density at radius 1 is 1.18 bits per heavy atom. The molecule has 0 aliphatic heterocycles. The molecule has 2 aliphatic carbocycles. The maximum absolute atomic E-state index is 14.0. The highest BCUT2D eigenvalue weighted by Gasteiger charge is 2.45. The highest BCUT2D eigenvalue weighted by Crippen LogP contribution is 2.44. The molecule has 1 atom stereocenters. The lowest BCUT2D eigenvalue weighted by Crippen LogP contribution is -2.38. The van der Waals surface area contributed by atoms with Gasteiger partial charge in [0.25, 0.3) is 5.91 Å². The first kappa shape index (κ1) is 31.0. The fourth-order valence-corrected chi connectivity index (χ4v) is 5.82. The zero-order valence-corrected chi connectivity index (χ0v) is 24.3. The van der Waals surface area contributed by atoms with Gasteiger partial charge in [0.05, 0.1) is 29.9 Å². The number of alkyl halides is 4. The largest absolute Gasteiger partial charge is 0.325 e. The molecule has 14 heteroatoms. The molecule has 3 aromatic heterocycles.